The van der Waals surface area contributed by atoms with Crippen LogP contribution in [0.2, 0.25) is 0 Å². The number of hydrogen-bond donors (Lipinski definition) is 1. The van der Waals surface area contributed by atoms with Crippen LogP contribution in [0.1, 0.15) is 31.5 Å². The first-order valence-electron chi connectivity index (χ1n) is 7.39. The Hall–Kier alpha value is -2.55. The minimum atomic E-state index is 0.201. The van der Waals surface area contributed by atoms with Crippen LogP contribution >= 0.6 is 11.8 Å². The number of para-hydroxylation sites is 1. The average molecular weight is 346 g/mol. The van der Waals surface area contributed by atoms with Crippen molar-refractivity contribution >= 4 is 11.8 Å². The topological polar surface area (TPSA) is 105 Å². The molecular formula is C15H18N6O2S. The van der Waals surface area contributed by atoms with Gasteiger partial charge >= 0.3 is 0 Å². The molecule has 0 aliphatic heterocycles. The molecule has 24 heavy (non-hydrogen) atoms. The van der Waals surface area contributed by atoms with Crippen LogP contribution < -0.4 is 10.6 Å². The molecule has 3 rings (SSSR count). The van der Waals surface area contributed by atoms with E-state index in [0.717, 1.165) is 5.56 Å². The van der Waals surface area contributed by atoms with Crippen LogP contribution in [0.4, 0.5) is 0 Å². The quantitative estimate of drug-likeness (QED) is 0.536. The fraction of sp³-hybridized carbons (Fsp3) is 0.333. The van der Waals surface area contributed by atoms with Crippen LogP contribution in [0, 0.1) is 0 Å². The zero-order valence-electron chi connectivity index (χ0n) is 13.6. The standard InChI is InChI=1S/C15H18N6O2S/c1-9(2)14-19-17-12(23-14)8-24-15-20-18-13(21(15)16)10-6-4-5-7-11(10)22-3/h4-7,9H,8,16H2,1-3H3. The summed E-state index contributed by atoms with van der Waals surface area (Å²) in [4.78, 5) is 0. The third-order valence-corrected chi connectivity index (χ3v) is 4.24. The summed E-state index contributed by atoms with van der Waals surface area (Å²) in [5.74, 6) is 9.17. The Labute approximate surface area is 143 Å². The van der Waals surface area contributed by atoms with Gasteiger partial charge < -0.3 is 15.0 Å². The van der Waals surface area contributed by atoms with Crippen LogP contribution in [0.25, 0.3) is 11.4 Å². The molecule has 8 nitrogen and oxygen atoms in total. The Balaban J connectivity index is 1.77. The second-order valence-electron chi connectivity index (χ2n) is 5.35. The summed E-state index contributed by atoms with van der Waals surface area (Å²) in [6.07, 6.45) is 0. The number of hydrogen-bond acceptors (Lipinski definition) is 8. The predicted molar refractivity (Wildman–Crippen MR) is 90.1 cm³/mol. The van der Waals surface area contributed by atoms with Gasteiger partial charge in [-0.15, -0.1) is 20.4 Å². The van der Waals surface area contributed by atoms with Gasteiger partial charge in [0, 0.05) is 5.92 Å². The Morgan fingerprint density at radius 1 is 1.21 bits per heavy atom. The number of ether oxygens (including phenoxy) is 1. The minimum absolute atomic E-state index is 0.201. The number of thioether (sulfide) groups is 1. The number of nitrogens with zero attached hydrogens (tertiary/aromatic N) is 5. The highest BCUT2D eigenvalue weighted by Crippen LogP contribution is 2.30. The van der Waals surface area contributed by atoms with Crippen molar-refractivity contribution in [2.75, 3.05) is 13.0 Å². The van der Waals surface area contributed by atoms with Gasteiger partial charge in [-0.3, -0.25) is 0 Å². The molecule has 0 saturated carbocycles. The minimum Gasteiger partial charge on any atom is -0.496 e. The Bertz CT molecular complexity index is 829. The van der Waals surface area contributed by atoms with Gasteiger partial charge in [0.05, 0.1) is 18.4 Å². The van der Waals surface area contributed by atoms with Gasteiger partial charge in [0.1, 0.15) is 5.75 Å². The summed E-state index contributed by atoms with van der Waals surface area (Å²) in [6.45, 7) is 4.00. The smallest absolute Gasteiger partial charge is 0.226 e. The molecule has 0 unspecified atom stereocenters. The number of nitrogen functional groups attached to an aromatic ring is 1. The maximum atomic E-state index is 6.13. The molecule has 0 bridgehead atoms. The molecule has 3 aromatic rings. The number of rotatable bonds is 6. The molecule has 0 amide bonds. The molecule has 126 valence electrons. The van der Waals surface area contributed by atoms with E-state index in [1.165, 1.54) is 16.4 Å². The summed E-state index contributed by atoms with van der Waals surface area (Å²) in [5, 5.41) is 16.9. The van der Waals surface area contributed by atoms with E-state index in [-0.39, 0.29) is 5.92 Å². The summed E-state index contributed by atoms with van der Waals surface area (Å²) in [5.41, 5.74) is 0.779. The lowest BCUT2D eigenvalue weighted by Gasteiger charge is -2.07. The summed E-state index contributed by atoms with van der Waals surface area (Å²) in [7, 11) is 1.60. The normalized spacial score (nSPS) is 11.2. The number of aromatic nitrogens is 5. The van der Waals surface area contributed by atoms with E-state index in [0.29, 0.717) is 34.3 Å². The van der Waals surface area contributed by atoms with Gasteiger partial charge in [0.25, 0.3) is 0 Å². The second kappa shape index (κ2) is 6.91. The number of methoxy groups -OCH3 is 1. The Morgan fingerprint density at radius 2 is 2.00 bits per heavy atom. The third-order valence-electron chi connectivity index (χ3n) is 3.31. The van der Waals surface area contributed by atoms with Crippen molar-refractivity contribution in [1.82, 2.24) is 25.1 Å². The summed E-state index contributed by atoms with van der Waals surface area (Å²) in [6, 6.07) is 7.51. The highest BCUT2D eigenvalue weighted by atomic mass is 32.2. The molecule has 0 fully saturated rings. The molecule has 0 saturated heterocycles. The van der Waals surface area contributed by atoms with E-state index in [2.05, 4.69) is 20.4 Å². The van der Waals surface area contributed by atoms with Gasteiger partial charge in [-0.05, 0) is 12.1 Å². The summed E-state index contributed by atoms with van der Waals surface area (Å²) < 4.78 is 12.3. The lowest BCUT2D eigenvalue weighted by molar-refractivity contribution is 0.416. The molecule has 2 N–H and O–H groups in total. The maximum Gasteiger partial charge on any atom is 0.226 e. The van der Waals surface area contributed by atoms with E-state index < -0.39 is 0 Å². The van der Waals surface area contributed by atoms with Crippen LogP contribution in [0.15, 0.2) is 33.8 Å². The van der Waals surface area contributed by atoms with Crippen molar-refractivity contribution in [1.29, 1.82) is 0 Å². The van der Waals surface area contributed by atoms with Gasteiger partial charge in [0.2, 0.25) is 16.9 Å². The van der Waals surface area contributed by atoms with Gasteiger partial charge in [-0.2, -0.15) is 0 Å². The SMILES string of the molecule is COc1ccccc1-c1nnc(SCc2nnc(C(C)C)o2)n1N. The van der Waals surface area contributed by atoms with E-state index in [1.54, 1.807) is 7.11 Å². The van der Waals surface area contributed by atoms with Gasteiger partial charge in [0.15, 0.2) is 5.82 Å². The van der Waals surface area contributed by atoms with E-state index in [9.17, 15) is 0 Å². The molecule has 0 radical (unpaired) electrons. The largest absolute Gasteiger partial charge is 0.496 e. The molecular weight excluding hydrogens is 328 g/mol. The van der Waals surface area contributed by atoms with E-state index in [1.807, 2.05) is 38.1 Å². The first-order valence-corrected chi connectivity index (χ1v) is 8.37. The molecule has 0 atom stereocenters. The van der Waals surface area contributed by atoms with Crippen LogP contribution in [-0.4, -0.2) is 32.2 Å². The molecule has 2 aromatic heterocycles. The van der Waals surface area contributed by atoms with E-state index >= 15 is 0 Å². The zero-order chi connectivity index (χ0) is 17.1. The Kier molecular flexibility index (Phi) is 4.70. The predicted octanol–water partition coefficient (Wildman–Crippen LogP) is 2.47. The van der Waals surface area contributed by atoms with Crippen molar-refractivity contribution < 1.29 is 9.15 Å². The van der Waals surface area contributed by atoms with Crippen molar-refractivity contribution in [3.8, 4) is 17.1 Å². The Morgan fingerprint density at radius 3 is 2.71 bits per heavy atom. The van der Waals surface area contributed by atoms with Crippen molar-refractivity contribution in [3.05, 3.63) is 36.0 Å². The molecule has 2 heterocycles. The molecule has 0 spiro atoms. The maximum absolute atomic E-state index is 6.13. The lowest BCUT2D eigenvalue weighted by atomic mass is 10.2. The van der Waals surface area contributed by atoms with Crippen LogP contribution in [0.5, 0.6) is 5.75 Å². The molecule has 0 aliphatic carbocycles. The summed E-state index contributed by atoms with van der Waals surface area (Å²) >= 11 is 1.38. The highest BCUT2D eigenvalue weighted by Gasteiger charge is 2.17. The van der Waals surface area contributed by atoms with Gasteiger partial charge in [-0.1, -0.05) is 37.7 Å². The fourth-order valence-electron chi connectivity index (χ4n) is 2.07. The third kappa shape index (κ3) is 3.21. The average Bonchev–Trinajstić information content (AvgIpc) is 3.20. The van der Waals surface area contributed by atoms with Gasteiger partial charge in [-0.25, -0.2) is 4.68 Å². The van der Waals surface area contributed by atoms with Crippen LogP contribution in [0.3, 0.4) is 0 Å². The van der Waals surface area contributed by atoms with Crippen LogP contribution in [-0.2, 0) is 5.75 Å². The molecule has 9 heteroatoms. The van der Waals surface area contributed by atoms with Crippen molar-refractivity contribution in [2.45, 2.75) is 30.7 Å². The second-order valence-corrected chi connectivity index (χ2v) is 6.30. The van der Waals surface area contributed by atoms with Crippen molar-refractivity contribution in [3.63, 3.8) is 0 Å². The number of benzene rings is 1. The monoisotopic (exact) mass is 346 g/mol. The molecule has 0 aliphatic rings. The lowest BCUT2D eigenvalue weighted by Crippen LogP contribution is -2.12. The highest BCUT2D eigenvalue weighted by molar-refractivity contribution is 7.98. The number of nitrogens with two attached hydrogens (primary N) is 1. The van der Waals surface area contributed by atoms with E-state index in [4.69, 9.17) is 15.0 Å². The zero-order valence-corrected chi connectivity index (χ0v) is 14.4. The fourth-order valence-corrected chi connectivity index (χ4v) is 2.77. The van der Waals surface area contributed by atoms with Crippen molar-refractivity contribution in [2.24, 2.45) is 0 Å². The first kappa shape index (κ1) is 16.3. The first-order chi connectivity index (χ1) is 11.6. The molecule has 1 aromatic carbocycles.